The lowest BCUT2D eigenvalue weighted by atomic mass is 10.2. The predicted octanol–water partition coefficient (Wildman–Crippen LogP) is 2.94. The lowest BCUT2D eigenvalue weighted by Gasteiger charge is -2.15. The summed E-state index contributed by atoms with van der Waals surface area (Å²) in [7, 11) is -0.783. The molecule has 19 heavy (non-hydrogen) atoms. The molecular weight excluding hydrogens is 278 g/mol. The summed E-state index contributed by atoms with van der Waals surface area (Å²) < 4.78 is 13.8. The van der Waals surface area contributed by atoms with Crippen molar-refractivity contribution in [1.29, 1.82) is 0 Å². The van der Waals surface area contributed by atoms with Gasteiger partial charge in [-0.15, -0.1) is 0 Å². The van der Waals surface area contributed by atoms with E-state index in [2.05, 4.69) is 17.1 Å². The van der Waals surface area contributed by atoms with Crippen molar-refractivity contribution in [3.05, 3.63) is 35.1 Å². The van der Waals surface area contributed by atoms with Crippen molar-refractivity contribution >= 4 is 23.0 Å². The van der Waals surface area contributed by atoms with E-state index in [4.69, 9.17) is 12.2 Å². The number of H-pyrrole nitrogens is 1. The maximum atomic E-state index is 11.2. The van der Waals surface area contributed by atoms with Gasteiger partial charge in [-0.2, -0.15) is 5.10 Å². The molecular formula is C13H17N3OS2. The van der Waals surface area contributed by atoms with E-state index in [1.807, 2.05) is 34.9 Å². The molecule has 0 bridgehead atoms. The Balaban J connectivity index is 2.33. The highest BCUT2D eigenvalue weighted by atomic mass is 32.2. The number of aromatic amines is 1. The van der Waals surface area contributed by atoms with Gasteiger partial charge in [0.05, 0.1) is 0 Å². The fourth-order valence-electron chi connectivity index (χ4n) is 1.97. The predicted molar refractivity (Wildman–Crippen MR) is 81.1 cm³/mol. The minimum Gasteiger partial charge on any atom is -0.297 e. The zero-order valence-corrected chi connectivity index (χ0v) is 12.6. The van der Waals surface area contributed by atoms with E-state index in [-0.39, 0.29) is 6.04 Å². The number of hydrogen-bond acceptors (Lipinski definition) is 3. The first-order valence-electron chi connectivity index (χ1n) is 6.12. The third-order valence-electron chi connectivity index (χ3n) is 3.00. The van der Waals surface area contributed by atoms with Crippen molar-refractivity contribution in [3.63, 3.8) is 0 Å². The van der Waals surface area contributed by atoms with Gasteiger partial charge >= 0.3 is 0 Å². The number of nitrogens with one attached hydrogen (secondary N) is 1. The van der Waals surface area contributed by atoms with E-state index in [9.17, 15) is 4.21 Å². The van der Waals surface area contributed by atoms with Crippen LogP contribution in [-0.2, 0) is 10.8 Å². The van der Waals surface area contributed by atoms with Gasteiger partial charge in [0.2, 0.25) is 0 Å². The van der Waals surface area contributed by atoms with Crippen LogP contribution in [0.25, 0.3) is 11.4 Å². The molecule has 6 heteroatoms. The fraction of sp³-hybridized carbons (Fsp3) is 0.385. The summed E-state index contributed by atoms with van der Waals surface area (Å²) in [4.78, 5) is 0. The molecule has 1 heterocycles. The highest BCUT2D eigenvalue weighted by molar-refractivity contribution is 7.84. The molecule has 102 valence electrons. The zero-order valence-electron chi connectivity index (χ0n) is 11.0. The third kappa shape index (κ3) is 3.39. The topological polar surface area (TPSA) is 50.7 Å². The maximum absolute atomic E-state index is 11.2. The van der Waals surface area contributed by atoms with Crippen LogP contribution in [-0.4, -0.2) is 31.0 Å². The molecule has 0 aliphatic carbocycles. The minimum absolute atomic E-state index is 0.172. The molecule has 0 saturated heterocycles. The Hall–Kier alpha value is -1.27. The largest absolute Gasteiger partial charge is 0.297 e. The Morgan fingerprint density at radius 1 is 1.42 bits per heavy atom. The lowest BCUT2D eigenvalue weighted by Crippen LogP contribution is -2.10. The van der Waals surface area contributed by atoms with Crippen LogP contribution in [0.3, 0.4) is 0 Å². The molecule has 0 radical (unpaired) electrons. The highest BCUT2D eigenvalue weighted by Gasteiger charge is 2.14. The summed E-state index contributed by atoms with van der Waals surface area (Å²) in [6.45, 7) is 2.07. The van der Waals surface area contributed by atoms with Gasteiger partial charge in [0, 0.05) is 34.4 Å². The summed E-state index contributed by atoms with van der Waals surface area (Å²) in [5.41, 5.74) is 1.03. The van der Waals surface area contributed by atoms with Gasteiger partial charge in [0.1, 0.15) is 0 Å². The summed E-state index contributed by atoms with van der Waals surface area (Å²) in [5.74, 6) is 1.50. The van der Waals surface area contributed by atoms with Gasteiger partial charge in [-0.05, 0) is 25.6 Å². The summed E-state index contributed by atoms with van der Waals surface area (Å²) in [6, 6.07) is 10.1. The Morgan fingerprint density at radius 2 is 2.11 bits per heavy atom. The molecule has 0 aliphatic heterocycles. The molecule has 2 unspecified atom stereocenters. The Bertz CT molecular complexity index is 618. The molecule has 2 aromatic rings. The van der Waals surface area contributed by atoms with E-state index >= 15 is 0 Å². The minimum atomic E-state index is -0.783. The third-order valence-corrected chi connectivity index (χ3v) is 4.10. The molecule has 0 fully saturated rings. The zero-order chi connectivity index (χ0) is 13.8. The second-order valence-electron chi connectivity index (χ2n) is 4.50. The van der Waals surface area contributed by atoms with Gasteiger partial charge < -0.3 is 0 Å². The van der Waals surface area contributed by atoms with Crippen molar-refractivity contribution in [2.45, 2.75) is 19.4 Å². The smallest absolute Gasteiger partial charge is 0.195 e. The molecule has 1 N–H and O–H groups in total. The standard InChI is InChI=1S/C13H17N3OS2/c1-10(8-9-19(2)17)16-12(14-15-13(16)18)11-6-4-3-5-7-11/h3-7,10H,8-9H2,1-2H3,(H,15,18). The summed E-state index contributed by atoms with van der Waals surface area (Å²) >= 11 is 5.30. The summed E-state index contributed by atoms with van der Waals surface area (Å²) in [5, 5.41) is 7.15. The number of nitrogens with zero attached hydrogens (tertiary/aromatic N) is 2. The van der Waals surface area contributed by atoms with Crippen LogP contribution in [0.1, 0.15) is 19.4 Å². The van der Waals surface area contributed by atoms with Crippen molar-refractivity contribution in [3.8, 4) is 11.4 Å². The number of aromatic nitrogens is 3. The number of benzene rings is 1. The van der Waals surface area contributed by atoms with Gasteiger partial charge in [-0.3, -0.25) is 13.9 Å². The van der Waals surface area contributed by atoms with Crippen molar-refractivity contribution in [2.24, 2.45) is 0 Å². The van der Waals surface area contributed by atoms with Crippen molar-refractivity contribution in [2.75, 3.05) is 12.0 Å². The molecule has 4 nitrogen and oxygen atoms in total. The monoisotopic (exact) mass is 295 g/mol. The second-order valence-corrected chi connectivity index (χ2v) is 6.44. The van der Waals surface area contributed by atoms with Crippen LogP contribution in [0.2, 0.25) is 0 Å². The molecule has 2 rings (SSSR count). The van der Waals surface area contributed by atoms with Gasteiger partial charge in [0.25, 0.3) is 0 Å². The van der Waals surface area contributed by atoms with Crippen LogP contribution < -0.4 is 0 Å². The lowest BCUT2D eigenvalue weighted by molar-refractivity contribution is 0.529. The fourth-order valence-corrected chi connectivity index (χ4v) is 2.96. The number of rotatable bonds is 5. The normalized spacial score (nSPS) is 14.2. The first-order valence-corrected chi connectivity index (χ1v) is 8.25. The van der Waals surface area contributed by atoms with Crippen LogP contribution in [0.5, 0.6) is 0 Å². The van der Waals surface area contributed by atoms with Crippen LogP contribution in [0.4, 0.5) is 0 Å². The molecule has 0 aliphatic rings. The number of hydrogen-bond donors (Lipinski definition) is 1. The summed E-state index contributed by atoms with van der Waals surface area (Å²) in [6.07, 6.45) is 2.54. The average molecular weight is 295 g/mol. The second kappa shape index (κ2) is 6.25. The van der Waals surface area contributed by atoms with Gasteiger partial charge in [0.15, 0.2) is 10.6 Å². The first-order chi connectivity index (χ1) is 9.09. The van der Waals surface area contributed by atoms with E-state index in [1.54, 1.807) is 6.26 Å². The van der Waals surface area contributed by atoms with Gasteiger partial charge in [-0.1, -0.05) is 30.3 Å². The van der Waals surface area contributed by atoms with Crippen LogP contribution in [0.15, 0.2) is 30.3 Å². The maximum Gasteiger partial charge on any atom is 0.195 e. The Labute approximate surface area is 120 Å². The van der Waals surface area contributed by atoms with Crippen LogP contribution in [0, 0.1) is 4.77 Å². The van der Waals surface area contributed by atoms with E-state index in [1.165, 1.54) is 0 Å². The van der Waals surface area contributed by atoms with E-state index in [0.29, 0.717) is 10.5 Å². The average Bonchev–Trinajstić information content (AvgIpc) is 2.79. The molecule has 0 spiro atoms. The van der Waals surface area contributed by atoms with Crippen LogP contribution >= 0.6 is 12.2 Å². The first kappa shape index (κ1) is 14.1. The molecule has 0 amide bonds. The van der Waals surface area contributed by atoms with Gasteiger partial charge in [-0.25, -0.2) is 0 Å². The molecule has 2 atom stereocenters. The Kier molecular flexibility index (Phi) is 4.66. The van der Waals surface area contributed by atoms with E-state index in [0.717, 1.165) is 17.8 Å². The van der Waals surface area contributed by atoms with Crippen molar-refractivity contribution < 1.29 is 4.21 Å². The highest BCUT2D eigenvalue weighted by Crippen LogP contribution is 2.22. The molecule has 1 aromatic carbocycles. The van der Waals surface area contributed by atoms with E-state index < -0.39 is 10.8 Å². The Morgan fingerprint density at radius 3 is 2.74 bits per heavy atom. The molecule has 1 aromatic heterocycles. The molecule has 0 saturated carbocycles. The van der Waals surface area contributed by atoms with Crippen molar-refractivity contribution in [1.82, 2.24) is 14.8 Å². The quantitative estimate of drug-likeness (QED) is 0.863. The SMILES string of the molecule is CC(CCS(C)=O)n1c(-c2ccccc2)n[nH]c1=S.